The molecule has 60 valence electrons. The smallest absolute Gasteiger partial charge is 0.208 e. The Bertz CT molecular complexity index is 256. The van der Waals surface area contributed by atoms with Gasteiger partial charge >= 0.3 is 0 Å². The van der Waals surface area contributed by atoms with E-state index >= 15 is 0 Å². The molecule has 0 aliphatic rings. The van der Waals surface area contributed by atoms with E-state index < -0.39 is 0 Å². The minimum Gasteiger partial charge on any atom is -0.458 e. The number of halogens is 1. The molecule has 1 aromatic heterocycles. The van der Waals surface area contributed by atoms with Crippen LogP contribution in [0.3, 0.4) is 0 Å². The molecule has 0 aliphatic carbocycles. The molecule has 1 aromatic rings. The van der Waals surface area contributed by atoms with Crippen LogP contribution in [0.15, 0.2) is 10.5 Å². The summed E-state index contributed by atoms with van der Waals surface area (Å²) in [5.74, 6) is 1.24. The van der Waals surface area contributed by atoms with Crippen LogP contribution in [0, 0.1) is 13.8 Å². The number of aryl methyl sites for hydroxylation is 2. The zero-order chi connectivity index (χ0) is 8.43. The van der Waals surface area contributed by atoms with Crippen LogP contribution in [0.4, 0.5) is 0 Å². The molecule has 0 atom stereocenters. The molecule has 0 aromatic carbocycles. The van der Waals surface area contributed by atoms with Crippen molar-refractivity contribution >= 4 is 21.7 Å². The molecule has 0 N–H and O–H groups in total. The summed E-state index contributed by atoms with van der Waals surface area (Å²) in [6, 6.07) is 1.76. The van der Waals surface area contributed by atoms with Gasteiger partial charge in [0.25, 0.3) is 0 Å². The molecule has 1 rings (SSSR count). The molecule has 2 nitrogen and oxygen atoms in total. The number of carbonyl (C=O) groups excluding carboxylic acids is 1. The molecule has 0 amide bonds. The first-order valence-corrected chi connectivity index (χ1v) is 4.43. The van der Waals surface area contributed by atoms with Crippen molar-refractivity contribution in [2.24, 2.45) is 0 Å². The third-order valence-corrected chi connectivity index (χ3v) is 2.07. The van der Waals surface area contributed by atoms with Crippen molar-refractivity contribution in [1.29, 1.82) is 0 Å². The van der Waals surface area contributed by atoms with Gasteiger partial charge in [0.05, 0.1) is 5.33 Å². The Labute approximate surface area is 73.7 Å². The first kappa shape index (κ1) is 8.53. The van der Waals surface area contributed by atoms with Crippen LogP contribution < -0.4 is 0 Å². The molecule has 0 saturated carbocycles. The Kier molecular flexibility index (Phi) is 2.49. The predicted octanol–water partition coefficient (Wildman–Crippen LogP) is 2.47. The number of ketones is 1. The van der Waals surface area contributed by atoms with E-state index in [1.807, 2.05) is 13.8 Å². The summed E-state index contributed by atoms with van der Waals surface area (Å²) < 4.78 is 5.19. The Morgan fingerprint density at radius 2 is 2.27 bits per heavy atom. The number of Topliss-reactive ketones (excluding diaryl/α,β-unsaturated/α-hetero) is 1. The lowest BCUT2D eigenvalue weighted by molar-refractivity contribution is 0.0992. The standard InChI is InChI=1S/C8H9BrO2/c1-5-3-8(7(10)4-9)11-6(5)2/h3H,4H2,1-2H3. The van der Waals surface area contributed by atoms with Crippen LogP contribution in [-0.4, -0.2) is 11.1 Å². The van der Waals surface area contributed by atoms with E-state index in [1.165, 1.54) is 0 Å². The second-order valence-electron chi connectivity index (χ2n) is 2.41. The lowest BCUT2D eigenvalue weighted by atomic mass is 10.2. The van der Waals surface area contributed by atoms with Gasteiger partial charge in [-0.05, 0) is 25.5 Å². The maximum absolute atomic E-state index is 11.0. The Morgan fingerprint density at radius 1 is 1.64 bits per heavy atom. The average molecular weight is 217 g/mol. The number of furan rings is 1. The van der Waals surface area contributed by atoms with Crippen LogP contribution in [0.5, 0.6) is 0 Å². The van der Waals surface area contributed by atoms with Crippen molar-refractivity contribution in [3.8, 4) is 0 Å². The summed E-state index contributed by atoms with van der Waals surface area (Å²) in [6.07, 6.45) is 0. The van der Waals surface area contributed by atoms with Gasteiger partial charge in [0.1, 0.15) is 5.76 Å². The molecule has 0 radical (unpaired) electrons. The fraction of sp³-hybridized carbons (Fsp3) is 0.375. The van der Waals surface area contributed by atoms with E-state index in [9.17, 15) is 4.79 Å². The van der Waals surface area contributed by atoms with Crippen LogP contribution in [0.2, 0.25) is 0 Å². The topological polar surface area (TPSA) is 30.2 Å². The number of alkyl halides is 1. The molecular weight excluding hydrogens is 208 g/mol. The van der Waals surface area contributed by atoms with E-state index in [4.69, 9.17) is 4.42 Å². The summed E-state index contributed by atoms with van der Waals surface area (Å²) in [6.45, 7) is 3.77. The maximum Gasteiger partial charge on any atom is 0.208 e. The van der Waals surface area contributed by atoms with E-state index in [1.54, 1.807) is 6.07 Å². The summed E-state index contributed by atoms with van der Waals surface area (Å²) >= 11 is 3.08. The molecule has 3 heteroatoms. The number of hydrogen-bond donors (Lipinski definition) is 0. The molecular formula is C8H9BrO2. The van der Waals surface area contributed by atoms with Gasteiger partial charge in [0.2, 0.25) is 5.78 Å². The fourth-order valence-electron chi connectivity index (χ4n) is 0.776. The Balaban J connectivity index is 2.97. The highest BCUT2D eigenvalue weighted by Crippen LogP contribution is 2.13. The van der Waals surface area contributed by atoms with Crippen LogP contribution in [0.25, 0.3) is 0 Å². The second kappa shape index (κ2) is 3.22. The monoisotopic (exact) mass is 216 g/mol. The van der Waals surface area contributed by atoms with Gasteiger partial charge in [0, 0.05) is 0 Å². The maximum atomic E-state index is 11.0. The van der Waals surface area contributed by atoms with Gasteiger partial charge in [-0.3, -0.25) is 4.79 Å². The van der Waals surface area contributed by atoms with Crippen LogP contribution in [0.1, 0.15) is 21.9 Å². The van der Waals surface area contributed by atoms with E-state index in [0.29, 0.717) is 11.1 Å². The van der Waals surface area contributed by atoms with Gasteiger partial charge in [-0.1, -0.05) is 15.9 Å². The minimum atomic E-state index is -0.0128. The lowest BCUT2D eigenvalue weighted by Gasteiger charge is -1.87. The summed E-state index contributed by atoms with van der Waals surface area (Å²) in [5.41, 5.74) is 1.02. The fourth-order valence-corrected chi connectivity index (χ4v) is 1.05. The van der Waals surface area contributed by atoms with Crippen molar-refractivity contribution in [2.75, 3.05) is 5.33 Å². The Hall–Kier alpha value is -0.570. The number of hydrogen-bond acceptors (Lipinski definition) is 2. The van der Waals surface area contributed by atoms with Gasteiger partial charge in [0.15, 0.2) is 5.76 Å². The van der Waals surface area contributed by atoms with Crippen molar-refractivity contribution in [1.82, 2.24) is 0 Å². The van der Waals surface area contributed by atoms with Crippen LogP contribution in [-0.2, 0) is 0 Å². The van der Waals surface area contributed by atoms with Crippen LogP contribution >= 0.6 is 15.9 Å². The highest BCUT2D eigenvalue weighted by molar-refractivity contribution is 9.09. The van der Waals surface area contributed by atoms with Crippen molar-refractivity contribution in [2.45, 2.75) is 13.8 Å². The average Bonchev–Trinajstić information content (AvgIpc) is 2.31. The first-order chi connectivity index (χ1) is 5.15. The van der Waals surface area contributed by atoms with E-state index in [0.717, 1.165) is 11.3 Å². The van der Waals surface area contributed by atoms with Gasteiger partial charge in [-0.15, -0.1) is 0 Å². The third-order valence-electron chi connectivity index (χ3n) is 1.56. The quantitative estimate of drug-likeness (QED) is 0.562. The second-order valence-corrected chi connectivity index (χ2v) is 2.97. The number of carbonyl (C=O) groups is 1. The molecule has 0 saturated heterocycles. The zero-order valence-corrected chi connectivity index (χ0v) is 8.06. The predicted molar refractivity (Wildman–Crippen MR) is 46.3 cm³/mol. The highest BCUT2D eigenvalue weighted by Gasteiger charge is 2.09. The zero-order valence-electron chi connectivity index (χ0n) is 6.48. The van der Waals surface area contributed by atoms with E-state index in [-0.39, 0.29) is 5.78 Å². The Morgan fingerprint density at radius 3 is 2.64 bits per heavy atom. The summed E-state index contributed by atoms with van der Waals surface area (Å²) in [4.78, 5) is 11.0. The lowest BCUT2D eigenvalue weighted by Crippen LogP contribution is -1.96. The first-order valence-electron chi connectivity index (χ1n) is 3.31. The van der Waals surface area contributed by atoms with Crippen molar-refractivity contribution in [3.63, 3.8) is 0 Å². The van der Waals surface area contributed by atoms with Gasteiger partial charge < -0.3 is 4.42 Å². The normalized spacial score (nSPS) is 10.1. The SMILES string of the molecule is Cc1cc(C(=O)CBr)oc1C. The minimum absolute atomic E-state index is 0.0128. The summed E-state index contributed by atoms with van der Waals surface area (Å²) in [5, 5.41) is 0.319. The van der Waals surface area contributed by atoms with Gasteiger partial charge in [-0.2, -0.15) is 0 Å². The summed E-state index contributed by atoms with van der Waals surface area (Å²) in [7, 11) is 0. The third kappa shape index (κ3) is 1.71. The highest BCUT2D eigenvalue weighted by atomic mass is 79.9. The molecule has 0 spiro atoms. The molecule has 0 bridgehead atoms. The molecule has 0 fully saturated rings. The molecule has 0 unspecified atom stereocenters. The van der Waals surface area contributed by atoms with E-state index in [2.05, 4.69) is 15.9 Å². The van der Waals surface area contributed by atoms with Gasteiger partial charge in [-0.25, -0.2) is 0 Å². The van der Waals surface area contributed by atoms with Crippen molar-refractivity contribution < 1.29 is 9.21 Å². The molecule has 1 heterocycles. The molecule has 11 heavy (non-hydrogen) atoms. The number of rotatable bonds is 2. The largest absolute Gasteiger partial charge is 0.458 e. The molecule has 0 aliphatic heterocycles. The van der Waals surface area contributed by atoms with Crippen molar-refractivity contribution in [3.05, 3.63) is 23.2 Å².